The maximum absolute atomic E-state index is 13.2. The zero-order valence-electron chi connectivity index (χ0n) is 35.5. The van der Waals surface area contributed by atoms with E-state index < -0.39 is 23.9 Å². The van der Waals surface area contributed by atoms with Gasteiger partial charge in [0.05, 0.1) is 35.5 Å². The van der Waals surface area contributed by atoms with E-state index in [0.29, 0.717) is 41.4 Å². The van der Waals surface area contributed by atoms with Gasteiger partial charge in [-0.15, -0.1) is 0 Å². The highest BCUT2D eigenvalue weighted by Crippen LogP contribution is 2.25. The molecule has 0 aliphatic rings. The molecule has 0 N–H and O–H groups in total. The van der Waals surface area contributed by atoms with E-state index in [-0.39, 0.29) is 34.1 Å². The van der Waals surface area contributed by atoms with Crippen LogP contribution >= 0.6 is 0 Å². The first-order valence-corrected chi connectivity index (χ1v) is 21.4. The summed E-state index contributed by atoms with van der Waals surface area (Å²) in [7, 11) is 0. The summed E-state index contributed by atoms with van der Waals surface area (Å²) >= 11 is 0. The van der Waals surface area contributed by atoms with Crippen LogP contribution in [0, 0.1) is 6.92 Å². The SMILES string of the molecule is CCCCCCCCOc1ccc(C(=O)Oc2ccc(OC(=O)c3cc(OC(=O)c4ccc(OC(=O)c5ccc(OCCCCCCCC)cc5)cc4)ccc3C)cc2)cc1. The summed E-state index contributed by atoms with van der Waals surface area (Å²) in [6.07, 6.45) is 14.2. The molecule has 0 aliphatic carbocycles. The molecule has 320 valence electrons. The third-order valence-corrected chi connectivity index (χ3v) is 9.90. The average Bonchev–Trinajstić information content (AvgIpc) is 3.27. The minimum atomic E-state index is -0.671. The molecule has 5 aromatic carbocycles. The Bertz CT molecular complexity index is 2140. The number of carbonyl (C=O) groups excluding carboxylic acids is 4. The highest BCUT2D eigenvalue weighted by atomic mass is 16.6. The molecule has 61 heavy (non-hydrogen) atoms. The Hall–Kier alpha value is -6.42. The second-order valence-corrected chi connectivity index (χ2v) is 14.8. The lowest BCUT2D eigenvalue weighted by Crippen LogP contribution is -2.13. The van der Waals surface area contributed by atoms with E-state index in [1.807, 2.05) is 0 Å². The number of esters is 4. The molecule has 0 amide bonds. The van der Waals surface area contributed by atoms with Gasteiger partial charge in [-0.05, 0) is 135 Å². The number of hydrogen-bond acceptors (Lipinski definition) is 10. The van der Waals surface area contributed by atoms with E-state index in [1.165, 1.54) is 106 Å². The summed E-state index contributed by atoms with van der Waals surface area (Å²) in [5.41, 5.74) is 1.75. The predicted octanol–water partition coefficient (Wildman–Crippen LogP) is 12.4. The second kappa shape index (κ2) is 24.6. The molecule has 0 spiro atoms. The maximum Gasteiger partial charge on any atom is 0.343 e. The van der Waals surface area contributed by atoms with Gasteiger partial charge in [-0.2, -0.15) is 0 Å². The largest absolute Gasteiger partial charge is 0.494 e. The van der Waals surface area contributed by atoms with Crippen LogP contribution in [0.2, 0.25) is 0 Å². The molecule has 0 bridgehead atoms. The quantitative estimate of drug-likeness (QED) is 0.0337. The lowest BCUT2D eigenvalue weighted by Gasteiger charge is -2.11. The van der Waals surface area contributed by atoms with E-state index in [0.717, 1.165) is 25.7 Å². The van der Waals surface area contributed by atoms with Gasteiger partial charge in [0.2, 0.25) is 0 Å². The van der Waals surface area contributed by atoms with Crippen LogP contribution in [0.4, 0.5) is 0 Å². The Kier molecular flexibility index (Phi) is 18.4. The van der Waals surface area contributed by atoms with Gasteiger partial charge >= 0.3 is 23.9 Å². The van der Waals surface area contributed by atoms with Gasteiger partial charge in [0.1, 0.15) is 34.5 Å². The van der Waals surface area contributed by atoms with Crippen molar-refractivity contribution >= 4 is 23.9 Å². The van der Waals surface area contributed by atoms with Crippen molar-refractivity contribution in [2.75, 3.05) is 13.2 Å². The normalized spacial score (nSPS) is 10.7. The minimum absolute atomic E-state index is 0.136. The standard InChI is InChI=1S/C51H56O10/c1-4-6-8-10-12-14-34-56-41-24-17-38(18-25-41)48(52)58-43-28-21-40(22-29-43)50(54)61-46-23-16-37(3)47(36-46)51(55)60-45-32-30-44(31-33-45)59-49(53)39-19-26-42(27-20-39)57-35-15-13-11-9-7-5-2/h16-33,36H,4-15,34-35H2,1-3H3. The highest BCUT2D eigenvalue weighted by molar-refractivity contribution is 5.95. The Morgan fingerprint density at radius 1 is 0.361 bits per heavy atom. The number of carbonyl (C=O) groups is 4. The Morgan fingerprint density at radius 2 is 0.672 bits per heavy atom. The van der Waals surface area contributed by atoms with Crippen molar-refractivity contribution in [3.63, 3.8) is 0 Å². The van der Waals surface area contributed by atoms with Crippen LogP contribution < -0.4 is 28.4 Å². The van der Waals surface area contributed by atoms with E-state index in [1.54, 1.807) is 67.6 Å². The van der Waals surface area contributed by atoms with Crippen molar-refractivity contribution < 1.29 is 47.6 Å². The first-order chi connectivity index (χ1) is 29.7. The van der Waals surface area contributed by atoms with Crippen molar-refractivity contribution in [3.8, 4) is 34.5 Å². The van der Waals surface area contributed by atoms with Crippen molar-refractivity contribution in [1.29, 1.82) is 0 Å². The van der Waals surface area contributed by atoms with Crippen molar-refractivity contribution in [3.05, 3.63) is 143 Å². The van der Waals surface area contributed by atoms with Gasteiger partial charge in [0.25, 0.3) is 0 Å². The summed E-state index contributed by atoms with van der Waals surface area (Å²) in [5, 5.41) is 0. The fraction of sp³-hybridized carbons (Fsp3) is 0.333. The Labute approximate surface area is 359 Å². The molecule has 0 saturated heterocycles. The molecule has 10 nitrogen and oxygen atoms in total. The summed E-state index contributed by atoms with van der Waals surface area (Å²) in [6.45, 7) is 7.41. The lowest BCUT2D eigenvalue weighted by molar-refractivity contribution is 0.0712. The van der Waals surface area contributed by atoms with E-state index >= 15 is 0 Å². The van der Waals surface area contributed by atoms with Crippen molar-refractivity contribution in [2.24, 2.45) is 0 Å². The fourth-order valence-electron chi connectivity index (χ4n) is 6.30. The average molecular weight is 829 g/mol. The topological polar surface area (TPSA) is 124 Å². The molecule has 0 saturated carbocycles. The van der Waals surface area contributed by atoms with E-state index in [2.05, 4.69) is 13.8 Å². The van der Waals surface area contributed by atoms with Gasteiger partial charge in [0.15, 0.2) is 0 Å². The number of ether oxygens (including phenoxy) is 6. The highest BCUT2D eigenvalue weighted by Gasteiger charge is 2.17. The smallest absolute Gasteiger partial charge is 0.343 e. The third kappa shape index (κ3) is 15.3. The van der Waals surface area contributed by atoms with Crippen LogP contribution in [-0.2, 0) is 0 Å². The Balaban J connectivity index is 1.06. The molecule has 0 radical (unpaired) electrons. The first-order valence-electron chi connectivity index (χ1n) is 21.4. The summed E-state index contributed by atoms with van der Waals surface area (Å²) in [5.74, 6) is -0.126. The van der Waals surface area contributed by atoms with Gasteiger partial charge in [-0.1, -0.05) is 84.1 Å². The van der Waals surface area contributed by atoms with Crippen LogP contribution in [0.25, 0.3) is 0 Å². The molecule has 0 atom stereocenters. The van der Waals surface area contributed by atoms with Gasteiger partial charge < -0.3 is 28.4 Å². The molecule has 0 heterocycles. The fourth-order valence-corrected chi connectivity index (χ4v) is 6.30. The van der Waals surface area contributed by atoms with Crippen LogP contribution in [0.15, 0.2) is 115 Å². The predicted molar refractivity (Wildman–Crippen MR) is 235 cm³/mol. The minimum Gasteiger partial charge on any atom is -0.494 e. The van der Waals surface area contributed by atoms with Crippen LogP contribution in [0.3, 0.4) is 0 Å². The lowest BCUT2D eigenvalue weighted by atomic mass is 10.1. The molecule has 5 aromatic rings. The maximum atomic E-state index is 13.2. The zero-order chi connectivity index (χ0) is 43.2. The van der Waals surface area contributed by atoms with E-state index in [9.17, 15) is 19.2 Å². The van der Waals surface area contributed by atoms with Gasteiger partial charge in [-0.3, -0.25) is 0 Å². The number of benzene rings is 5. The molecular weight excluding hydrogens is 773 g/mol. The zero-order valence-corrected chi connectivity index (χ0v) is 35.5. The number of rotatable bonds is 24. The van der Waals surface area contributed by atoms with Gasteiger partial charge in [0, 0.05) is 0 Å². The van der Waals surface area contributed by atoms with Gasteiger partial charge in [-0.25, -0.2) is 19.2 Å². The Morgan fingerprint density at radius 3 is 1.08 bits per heavy atom. The molecule has 0 aromatic heterocycles. The molecule has 10 heteroatoms. The molecule has 5 rings (SSSR count). The summed E-state index contributed by atoms with van der Waals surface area (Å²) in [6, 6.07) is 30.3. The number of aryl methyl sites for hydroxylation is 1. The van der Waals surface area contributed by atoms with Crippen LogP contribution in [-0.4, -0.2) is 37.1 Å². The van der Waals surface area contributed by atoms with E-state index in [4.69, 9.17) is 28.4 Å². The number of unbranched alkanes of at least 4 members (excludes halogenated alkanes) is 10. The second-order valence-electron chi connectivity index (χ2n) is 14.8. The number of hydrogen-bond donors (Lipinski definition) is 0. The third-order valence-electron chi connectivity index (χ3n) is 9.90. The monoisotopic (exact) mass is 828 g/mol. The van der Waals surface area contributed by atoms with Crippen molar-refractivity contribution in [1.82, 2.24) is 0 Å². The van der Waals surface area contributed by atoms with Crippen LogP contribution in [0.5, 0.6) is 34.5 Å². The summed E-state index contributed by atoms with van der Waals surface area (Å²) < 4.78 is 33.8. The van der Waals surface area contributed by atoms with Crippen LogP contribution in [0.1, 0.15) is 138 Å². The first kappa shape index (κ1) is 45.7. The van der Waals surface area contributed by atoms with Crippen molar-refractivity contribution in [2.45, 2.75) is 97.8 Å². The molecular formula is C51H56O10. The molecule has 0 aliphatic heterocycles. The summed E-state index contributed by atoms with van der Waals surface area (Å²) in [4.78, 5) is 51.7. The molecule has 0 fully saturated rings. The molecule has 0 unspecified atom stereocenters.